The molecule has 6 heteroatoms. The van der Waals surface area contributed by atoms with E-state index in [0.717, 1.165) is 43.6 Å². The molecule has 0 saturated carbocycles. The Hall–Kier alpha value is -3.15. The number of benzene rings is 2. The van der Waals surface area contributed by atoms with Crippen molar-refractivity contribution in [2.24, 2.45) is 0 Å². The van der Waals surface area contributed by atoms with Gasteiger partial charge in [0.1, 0.15) is 0 Å². The van der Waals surface area contributed by atoms with Gasteiger partial charge in [-0.1, -0.05) is 18.2 Å². The first-order valence-corrected chi connectivity index (χ1v) is 10.7. The Morgan fingerprint density at radius 3 is 2.33 bits per heavy atom. The quantitative estimate of drug-likeness (QED) is 0.829. The number of nitrogens with zero attached hydrogens (tertiary/aromatic N) is 2. The summed E-state index contributed by atoms with van der Waals surface area (Å²) < 4.78 is 0. The van der Waals surface area contributed by atoms with Crippen molar-refractivity contribution in [2.45, 2.75) is 38.6 Å². The summed E-state index contributed by atoms with van der Waals surface area (Å²) in [4.78, 5) is 40.7. The fourth-order valence-electron chi connectivity index (χ4n) is 4.07. The number of piperidine rings is 1. The van der Waals surface area contributed by atoms with Crippen LogP contribution in [-0.2, 0) is 11.3 Å². The Balaban J connectivity index is 1.35. The van der Waals surface area contributed by atoms with Crippen molar-refractivity contribution in [3.05, 3.63) is 65.2 Å². The average Bonchev–Trinajstić information content (AvgIpc) is 3.24. The van der Waals surface area contributed by atoms with Gasteiger partial charge in [0.15, 0.2) is 0 Å². The third-order valence-electron chi connectivity index (χ3n) is 5.79. The summed E-state index contributed by atoms with van der Waals surface area (Å²) in [6.45, 7) is 2.74. The predicted octanol–water partition coefficient (Wildman–Crippen LogP) is 3.37. The summed E-state index contributed by atoms with van der Waals surface area (Å²) in [5, 5.41) is 2.92. The molecule has 2 heterocycles. The lowest BCUT2D eigenvalue weighted by molar-refractivity contribution is -0.117. The lowest BCUT2D eigenvalue weighted by atomic mass is 10.1. The SMILES string of the molecule is O=C(NCc1ccc(C(=O)N2CCCCC2)cc1)c1cccc(N2CCCC2=O)c1. The number of rotatable bonds is 5. The van der Waals surface area contributed by atoms with Gasteiger partial charge in [0.25, 0.3) is 11.8 Å². The molecule has 2 aliphatic rings. The van der Waals surface area contributed by atoms with E-state index in [0.29, 0.717) is 30.6 Å². The number of carbonyl (C=O) groups excluding carboxylic acids is 3. The predicted molar refractivity (Wildman–Crippen MR) is 115 cm³/mol. The van der Waals surface area contributed by atoms with Crippen LogP contribution in [0.4, 0.5) is 5.69 Å². The Labute approximate surface area is 176 Å². The first-order valence-electron chi connectivity index (χ1n) is 10.7. The van der Waals surface area contributed by atoms with Crippen LogP contribution >= 0.6 is 0 Å². The van der Waals surface area contributed by atoms with Crippen LogP contribution < -0.4 is 10.2 Å². The van der Waals surface area contributed by atoms with Gasteiger partial charge in [-0.15, -0.1) is 0 Å². The Morgan fingerprint density at radius 2 is 1.63 bits per heavy atom. The summed E-state index contributed by atoms with van der Waals surface area (Å²) in [6, 6.07) is 14.6. The van der Waals surface area contributed by atoms with Crippen molar-refractivity contribution in [1.29, 1.82) is 0 Å². The van der Waals surface area contributed by atoms with Crippen LogP contribution in [0.15, 0.2) is 48.5 Å². The highest BCUT2D eigenvalue weighted by atomic mass is 16.2. The highest BCUT2D eigenvalue weighted by Crippen LogP contribution is 2.22. The molecular weight excluding hydrogens is 378 g/mol. The van der Waals surface area contributed by atoms with Crippen molar-refractivity contribution < 1.29 is 14.4 Å². The smallest absolute Gasteiger partial charge is 0.253 e. The summed E-state index contributed by atoms with van der Waals surface area (Å²) >= 11 is 0. The molecule has 2 saturated heterocycles. The lowest BCUT2D eigenvalue weighted by Gasteiger charge is -2.26. The van der Waals surface area contributed by atoms with Crippen LogP contribution in [0.25, 0.3) is 0 Å². The molecular formula is C24H27N3O3. The van der Waals surface area contributed by atoms with E-state index >= 15 is 0 Å². The van der Waals surface area contributed by atoms with Gasteiger partial charge in [-0.3, -0.25) is 14.4 Å². The van der Waals surface area contributed by atoms with Crippen molar-refractivity contribution in [3.8, 4) is 0 Å². The van der Waals surface area contributed by atoms with Gasteiger partial charge in [-0.2, -0.15) is 0 Å². The maximum absolute atomic E-state index is 12.6. The molecule has 4 rings (SSSR count). The minimum Gasteiger partial charge on any atom is -0.348 e. The number of hydrogen-bond donors (Lipinski definition) is 1. The molecule has 2 aromatic rings. The molecule has 0 unspecified atom stereocenters. The van der Waals surface area contributed by atoms with E-state index in [1.165, 1.54) is 6.42 Å². The van der Waals surface area contributed by atoms with E-state index in [1.54, 1.807) is 23.1 Å². The van der Waals surface area contributed by atoms with Crippen LogP contribution in [0.1, 0.15) is 58.4 Å². The van der Waals surface area contributed by atoms with E-state index in [4.69, 9.17) is 0 Å². The molecule has 1 N–H and O–H groups in total. The Kier molecular flexibility index (Phi) is 6.12. The normalized spacial score (nSPS) is 16.6. The molecule has 0 bridgehead atoms. The van der Waals surface area contributed by atoms with E-state index in [9.17, 15) is 14.4 Å². The van der Waals surface area contributed by atoms with E-state index in [-0.39, 0.29) is 17.7 Å². The van der Waals surface area contributed by atoms with Crippen LogP contribution in [-0.4, -0.2) is 42.3 Å². The Bertz CT molecular complexity index is 933. The van der Waals surface area contributed by atoms with Gasteiger partial charge >= 0.3 is 0 Å². The minimum atomic E-state index is -0.183. The second-order valence-corrected chi connectivity index (χ2v) is 7.93. The molecule has 0 atom stereocenters. The number of amides is 3. The molecule has 2 fully saturated rings. The standard InChI is InChI=1S/C24H27N3O3/c28-22-8-5-15-27(22)21-7-4-6-20(16-21)23(29)25-17-18-9-11-19(12-10-18)24(30)26-13-2-1-3-14-26/h4,6-7,9-12,16H,1-3,5,8,13-15,17H2,(H,25,29). The largest absolute Gasteiger partial charge is 0.348 e. The molecule has 0 radical (unpaired) electrons. The summed E-state index contributed by atoms with van der Waals surface area (Å²) in [7, 11) is 0. The molecule has 30 heavy (non-hydrogen) atoms. The molecule has 3 amide bonds. The van der Waals surface area contributed by atoms with Crippen LogP contribution in [0.3, 0.4) is 0 Å². The van der Waals surface area contributed by atoms with Gasteiger partial charge in [0.2, 0.25) is 5.91 Å². The van der Waals surface area contributed by atoms with Crippen molar-refractivity contribution in [1.82, 2.24) is 10.2 Å². The van der Waals surface area contributed by atoms with Gasteiger partial charge in [-0.05, 0) is 61.6 Å². The molecule has 0 spiro atoms. The van der Waals surface area contributed by atoms with Gasteiger partial charge in [0.05, 0.1) is 0 Å². The van der Waals surface area contributed by atoms with E-state index in [2.05, 4.69) is 5.32 Å². The minimum absolute atomic E-state index is 0.0820. The number of anilines is 1. The highest BCUT2D eigenvalue weighted by molar-refractivity contribution is 5.99. The van der Waals surface area contributed by atoms with Gasteiger partial charge in [0, 0.05) is 49.4 Å². The average molecular weight is 405 g/mol. The molecule has 2 aromatic carbocycles. The molecule has 0 aliphatic carbocycles. The molecule has 2 aliphatic heterocycles. The molecule has 0 aromatic heterocycles. The van der Waals surface area contributed by atoms with Gasteiger partial charge < -0.3 is 15.1 Å². The molecule has 6 nitrogen and oxygen atoms in total. The van der Waals surface area contributed by atoms with Crippen molar-refractivity contribution in [3.63, 3.8) is 0 Å². The zero-order valence-electron chi connectivity index (χ0n) is 17.1. The van der Waals surface area contributed by atoms with E-state index < -0.39 is 0 Å². The van der Waals surface area contributed by atoms with Crippen LogP contribution in [0, 0.1) is 0 Å². The number of hydrogen-bond acceptors (Lipinski definition) is 3. The number of likely N-dealkylation sites (tertiary alicyclic amines) is 1. The second-order valence-electron chi connectivity index (χ2n) is 7.93. The first kappa shape index (κ1) is 20.1. The zero-order chi connectivity index (χ0) is 20.9. The van der Waals surface area contributed by atoms with Crippen LogP contribution in [0.2, 0.25) is 0 Å². The third kappa shape index (κ3) is 4.53. The maximum atomic E-state index is 12.6. The number of carbonyl (C=O) groups is 3. The fraction of sp³-hybridized carbons (Fsp3) is 0.375. The highest BCUT2D eigenvalue weighted by Gasteiger charge is 2.22. The summed E-state index contributed by atoms with van der Waals surface area (Å²) in [6.07, 6.45) is 4.75. The van der Waals surface area contributed by atoms with Crippen molar-refractivity contribution in [2.75, 3.05) is 24.5 Å². The second kappa shape index (κ2) is 9.11. The lowest BCUT2D eigenvalue weighted by Crippen LogP contribution is -2.35. The summed E-state index contributed by atoms with van der Waals surface area (Å²) in [5.41, 5.74) is 2.93. The zero-order valence-corrected chi connectivity index (χ0v) is 17.1. The summed E-state index contributed by atoms with van der Waals surface area (Å²) in [5.74, 6) is 0.00211. The topological polar surface area (TPSA) is 69.7 Å². The third-order valence-corrected chi connectivity index (χ3v) is 5.79. The number of nitrogens with one attached hydrogen (secondary N) is 1. The monoisotopic (exact) mass is 405 g/mol. The van der Waals surface area contributed by atoms with Gasteiger partial charge in [-0.25, -0.2) is 0 Å². The first-order chi connectivity index (χ1) is 14.6. The van der Waals surface area contributed by atoms with Crippen molar-refractivity contribution >= 4 is 23.4 Å². The van der Waals surface area contributed by atoms with E-state index in [1.807, 2.05) is 35.2 Å². The van der Waals surface area contributed by atoms with Crippen LogP contribution in [0.5, 0.6) is 0 Å². The Morgan fingerprint density at radius 1 is 0.867 bits per heavy atom. The molecule has 156 valence electrons. The fourth-order valence-corrected chi connectivity index (χ4v) is 4.07. The maximum Gasteiger partial charge on any atom is 0.253 e.